The van der Waals surface area contributed by atoms with E-state index in [-0.39, 0.29) is 36.4 Å². The molecule has 0 spiro atoms. The van der Waals surface area contributed by atoms with Crippen LogP contribution >= 0.6 is 12.2 Å². The lowest BCUT2D eigenvalue weighted by Gasteiger charge is -2.31. The van der Waals surface area contributed by atoms with E-state index in [1.807, 2.05) is 13.8 Å². The van der Waals surface area contributed by atoms with Crippen molar-refractivity contribution < 1.29 is 18.3 Å². The van der Waals surface area contributed by atoms with Crippen LogP contribution < -0.4 is 4.74 Å². The minimum absolute atomic E-state index is 0.0729. The Morgan fingerprint density at radius 3 is 2.37 bits per heavy atom. The zero-order valence-corrected chi connectivity index (χ0v) is 16.1. The van der Waals surface area contributed by atoms with Crippen LogP contribution in [-0.4, -0.2) is 23.4 Å². The zero-order chi connectivity index (χ0) is 19.4. The summed E-state index contributed by atoms with van der Waals surface area (Å²) in [7, 11) is 0. The predicted molar refractivity (Wildman–Crippen MR) is 104 cm³/mol. The summed E-state index contributed by atoms with van der Waals surface area (Å²) in [6.07, 6.45) is 1.53. The minimum Gasteiger partial charge on any atom is -0.488 e. The van der Waals surface area contributed by atoms with Crippen molar-refractivity contribution in [2.75, 3.05) is 0 Å². The second-order valence-corrected chi connectivity index (χ2v) is 7.08. The number of hydrogen-bond donors (Lipinski definition) is 0. The van der Waals surface area contributed by atoms with E-state index in [1.54, 1.807) is 24.3 Å². The van der Waals surface area contributed by atoms with Crippen molar-refractivity contribution in [1.29, 1.82) is 0 Å². The Hall–Kier alpha value is -2.14. The van der Waals surface area contributed by atoms with Crippen LogP contribution in [0.15, 0.2) is 41.4 Å². The number of rotatable bonds is 7. The molecule has 3 rings (SSSR count). The largest absolute Gasteiger partial charge is 0.488 e. The first-order valence-corrected chi connectivity index (χ1v) is 9.30. The lowest BCUT2D eigenvalue weighted by atomic mass is 9.90. The molecule has 0 bridgehead atoms. The maximum Gasteiger partial charge on any atom is 0.165 e. The molecule has 0 aliphatic heterocycles. The Morgan fingerprint density at radius 2 is 1.78 bits per heavy atom. The molecule has 1 fully saturated rings. The molecule has 6 heteroatoms. The first-order valence-electron chi connectivity index (χ1n) is 8.90. The molecule has 0 heterocycles. The molecule has 27 heavy (non-hydrogen) atoms. The van der Waals surface area contributed by atoms with Gasteiger partial charge in [0.15, 0.2) is 11.6 Å². The number of hydrogen-bond acceptors (Lipinski definition) is 4. The van der Waals surface area contributed by atoms with Gasteiger partial charge < -0.3 is 9.47 Å². The fourth-order valence-electron chi connectivity index (χ4n) is 2.94. The summed E-state index contributed by atoms with van der Waals surface area (Å²) in [5, 5.41) is 2.37. The first kappa shape index (κ1) is 19.6. The van der Waals surface area contributed by atoms with E-state index >= 15 is 0 Å². The molecule has 2 aromatic rings. The SMILES string of the molecule is CC(C)Oc1ccc(-c2ccc(CO[C@H]3C[C@H](N=C=S)C3)c(F)c2)cc1F. The van der Waals surface area contributed by atoms with Crippen LogP contribution in [0.4, 0.5) is 8.78 Å². The maximum atomic E-state index is 14.4. The summed E-state index contributed by atoms with van der Waals surface area (Å²) >= 11 is 4.57. The number of benzene rings is 2. The molecule has 2 aromatic carbocycles. The van der Waals surface area contributed by atoms with E-state index < -0.39 is 5.82 Å². The Morgan fingerprint density at radius 1 is 1.11 bits per heavy atom. The van der Waals surface area contributed by atoms with Crippen molar-refractivity contribution in [1.82, 2.24) is 0 Å². The van der Waals surface area contributed by atoms with Crippen LogP contribution in [0.1, 0.15) is 32.3 Å². The molecule has 0 radical (unpaired) electrons. The van der Waals surface area contributed by atoms with Crippen LogP contribution in [0.5, 0.6) is 5.75 Å². The molecule has 0 aromatic heterocycles. The number of isothiocyanates is 1. The molecule has 3 nitrogen and oxygen atoms in total. The molecule has 0 unspecified atom stereocenters. The van der Waals surface area contributed by atoms with Crippen molar-refractivity contribution in [3.63, 3.8) is 0 Å². The molecule has 0 saturated heterocycles. The molecule has 0 atom stereocenters. The van der Waals surface area contributed by atoms with Crippen LogP contribution in [0, 0.1) is 11.6 Å². The lowest BCUT2D eigenvalue weighted by Crippen LogP contribution is -2.34. The number of thiocarbonyl (C=S) groups is 1. The van der Waals surface area contributed by atoms with Crippen LogP contribution in [0.2, 0.25) is 0 Å². The predicted octanol–water partition coefficient (Wildman–Crippen LogP) is 5.57. The molecule has 0 amide bonds. The van der Waals surface area contributed by atoms with Crippen molar-refractivity contribution in [3.8, 4) is 16.9 Å². The van der Waals surface area contributed by atoms with Gasteiger partial charge >= 0.3 is 0 Å². The number of nitrogens with zero attached hydrogens (tertiary/aromatic N) is 1. The van der Waals surface area contributed by atoms with Crippen LogP contribution in [0.3, 0.4) is 0 Å². The smallest absolute Gasteiger partial charge is 0.165 e. The first-order chi connectivity index (χ1) is 13.0. The molecule has 1 aliphatic rings. The van der Waals surface area contributed by atoms with Gasteiger partial charge in [-0.3, -0.25) is 0 Å². The van der Waals surface area contributed by atoms with E-state index in [9.17, 15) is 8.78 Å². The van der Waals surface area contributed by atoms with Gasteiger partial charge in [0, 0.05) is 5.56 Å². The number of ether oxygens (including phenoxy) is 2. The van der Waals surface area contributed by atoms with Gasteiger partial charge in [0.1, 0.15) is 5.82 Å². The summed E-state index contributed by atoms with van der Waals surface area (Å²) in [5.41, 5.74) is 1.67. The highest BCUT2D eigenvalue weighted by atomic mass is 32.1. The van der Waals surface area contributed by atoms with Gasteiger partial charge in [-0.15, -0.1) is 0 Å². The van der Waals surface area contributed by atoms with Crippen molar-refractivity contribution in [2.24, 2.45) is 4.99 Å². The van der Waals surface area contributed by atoms with E-state index in [0.29, 0.717) is 16.7 Å². The Bertz CT molecular complexity index is 859. The quantitative estimate of drug-likeness (QED) is 0.458. The summed E-state index contributed by atoms with van der Waals surface area (Å²) in [4.78, 5) is 4.00. The van der Waals surface area contributed by atoms with E-state index in [1.165, 1.54) is 12.1 Å². The zero-order valence-electron chi connectivity index (χ0n) is 15.2. The van der Waals surface area contributed by atoms with Gasteiger partial charge in [-0.25, -0.2) is 13.8 Å². The average Bonchev–Trinajstić information content (AvgIpc) is 2.59. The number of halogens is 2. The van der Waals surface area contributed by atoms with Gasteiger partial charge in [0.25, 0.3) is 0 Å². The molecular formula is C21H21F2NO2S. The molecular weight excluding hydrogens is 368 g/mol. The van der Waals surface area contributed by atoms with E-state index in [0.717, 1.165) is 12.8 Å². The third-order valence-corrected chi connectivity index (χ3v) is 4.57. The van der Waals surface area contributed by atoms with Crippen molar-refractivity contribution >= 4 is 17.4 Å². The standard InChI is InChI=1S/C21H21F2NO2S/c1-13(2)26-21-6-5-15(8-20(21)23)14-3-4-16(19(22)7-14)11-25-18-9-17(10-18)24-12-27/h3-8,13,17-18H,9-11H2,1-2H3/t17-,18-. The normalized spacial score (nSPS) is 18.7. The average molecular weight is 389 g/mol. The third-order valence-electron chi connectivity index (χ3n) is 4.46. The fraction of sp³-hybridized carbons (Fsp3) is 0.381. The van der Waals surface area contributed by atoms with Crippen molar-refractivity contribution in [2.45, 2.75) is 51.5 Å². The second-order valence-electron chi connectivity index (χ2n) is 6.90. The maximum absolute atomic E-state index is 14.4. The van der Waals surface area contributed by atoms with E-state index in [2.05, 4.69) is 22.4 Å². The van der Waals surface area contributed by atoms with Gasteiger partial charge in [-0.2, -0.15) is 0 Å². The third kappa shape index (κ3) is 4.98. The summed E-state index contributed by atoms with van der Waals surface area (Å²) in [6.45, 7) is 3.86. The van der Waals surface area contributed by atoms with Gasteiger partial charge in [0.2, 0.25) is 0 Å². The minimum atomic E-state index is -0.465. The summed E-state index contributed by atoms with van der Waals surface area (Å²) in [6, 6.07) is 9.65. The van der Waals surface area contributed by atoms with Gasteiger partial charge in [-0.1, -0.05) is 18.2 Å². The molecule has 0 N–H and O–H groups in total. The van der Waals surface area contributed by atoms with Crippen LogP contribution in [-0.2, 0) is 11.3 Å². The van der Waals surface area contributed by atoms with Gasteiger partial charge in [-0.05, 0) is 68.2 Å². The molecule has 1 aliphatic carbocycles. The van der Waals surface area contributed by atoms with Crippen molar-refractivity contribution in [3.05, 3.63) is 53.6 Å². The number of aliphatic imine (C=N–C) groups is 1. The Kier molecular flexibility index (Phi) is 6.32. The second kappa shape index (κ2) is 8.70. The fourth-order valence-corrected chi connectivity index (χ4v) is 3.08. The summed E-state index contributed by atoms with van der Waals surface area (Å²) in [5.74, 6) is -0.647. The van der Waals surface area contributed by atoms with Gasteiger partial charge in [0.05, 0.1) is 30.0 Å². The summed E-state index contributed by atoms with van der Waals surface area (Å²) < 4.78 is 39.7. The highest BCUT2D eigenvalue weighted by Crippen LogP contribution is 2.29. The molecule has 1 saturated carbocycles. The van der Waals surface area contributed by atoms with E-state index in [4.69, 9.17) is 9.47 Å². The Balaban J connectivity index is 1.64. The monoisotopic (exact) mass is 389 g/mol. The van der Waals surface area contributed by atoms with Crippen LogP contribution in [0.25, 0.3) is 11.1 Å². The highest BCUT2D eigenvalue weighted by molar-refractivity contribution is 7.78. The Labute approximate surface area is 163 Å². The topological polar surface area (TPSA) is 30.8 Å². The molecule has 142 valence electrons. The lowest BCUT2D eigenvalue weighted by molar-refractivity contribution is -0.0192. The highest BCUT2D eigenvalue weighted by Gasteiger charge is 2.29.